The average molecular weight is 227 g/mol. The molecule has 0 atom stereocenters. The van der Waals surface area contributed by atoms with Crippen molar-refractivity contribution in [1.82, 2.24) is 4.98 Å². The number of rotatable bonds is 0. The van der Waals surface area contributed by atoms with Gasteiger partial charge in [-0.25, -0.2) is 0 Å². The summed E-state index contributed by atoms with van der Waals surface area (Å²) in [5, 5.41) is 0. The van der Waals surface area contributed by atoms with Crippen LogP contribution >= 0.6 is 0 Å². The highest BCUT2D eigenvalue weighted by Crippen LogP contribution is 2.35. The number of oxazole rings is 1. The Morgan fingerprint density at radius 2 is 2.07 bits per heavy atom. The maximum absolute atomic E-state index is 11.2. The molecule has 0 spiro atoms. The predicted molar refractivity (Wildman–Crippen MR) is 48.9 cm³/mol. The van der Waals surface area contributed by atoms with E-state index in [1.54, 1.807) is 6.07 Å². The van der Waals surface area contributed by atoms with Crippen molar-refractivity contribution in [3.63, 3.8) is 0 Å². The first-order valence-electron chi connectivity index (χ1n) is 4.09. The highest BCUT2D eigenvalue weighted by atomic mass is 32.3. The summed E-state index contributed by atoms with van der Waals surface area (Å²) < 4.78 is 36.5. The minimum absolute atomic E-state index is 0.114. The summed E-state index contributed by atoms with van der Waals surface area (Å²) in [7, 11) is -4.11. The number of benzene rings is 1. The van der Waals surface area contributed by atoms with Gasteiger partial charge in [-0.3, -0.25) is 4.18 Å². The summed E-state index contributed by atoms with van der Waals surface area (Å²) in [6.07, 6.45) is -0.321. The highest BCUT2D eigenvalue weighted by molar-refractivity contribution is 7.82. The van der Waals surface area contributed by atoms with E-state index in [2.05, 4.69) is 13.4 Å². The van der Waals surface area contributed by atoms with E-state index in [1.807, 2.05) is 6.92 Å². The topological polar surface area (TPSA) is 78.6 Å². The minimum Gasteiger partial charge on any atom is -0.408 e. The molecular formula is C8H5NO5S. The van der Waals surface area contributed by atoms with Gasteiger partial charge in [-0.2, -0.15) is 4.98 Å². The molecule has 1 aromatic heterocycles. The van der Waals surface area contributed by atoms with Crippen LogP contribution in [0.4, 0.5) is 0 Å². The van der Waals surface area contributed by atoms with E-state index in [9.17, 15) is 8.42 Å². The molecule has 78 valence electrons. The van der Waals surface area contributed by atoms with E-state index in [0.717, 1.165) is 5.56 Å². The Kier molecular flexibility index (Phi) is 1.38. The lowest BCUT2D eigenvalue weighted by molar-refractivity contribution is 0.336. The Labute approximate surface area is 84.8 Å². The predicted octanol–water partition coefficient (Wildman–Crippen LogP) is 1.15. The van der Waals surface area contributed by atoms with E-state index in [-0.39, 0.29) is 11.8 Å². The maximum Gasteiger partial charge on any atom is 0.504 e. The third-order valence-electron chi connectivity index (χ3n) is 2.05. The number of aromatic nitrogens is 1. The summed E-state index contributed by atoms with van der Waals surface area (Å²) in [6.45, 7) is 1.82. The molecule has 0 N–H and O–H groups in total. The van der Waals surface area contributed by atoms with Gasteiger partial charge in [0.15, 0.2) is 16.8 Å². The van der Waals surface area contributed by atoms with Crippen LogP contribution in [0.2, 0.25) is 0 Å². The van der Waals surface area contributed by atoms with Gasteiger partial charge in [-0.1, -0.05) is 6.07 Å². The van der Waals surface area contributed by atoms with Crippen molar-refractivity contribution >= 4 is 21.5 Å². The fourth-order valence-corrected chi connectivity index (χ4v) is 2.04. The van der Waals surface area contributed by atoms with Gasteiger partial charge in [0, 0.05) is 0 Å². The van der Waals surface area contributed by atoms with Crippen molar-refractivity contribution in [2.24, 2.45) is 0 Å². The molecule has 2 aromatic rings. The second-order valence-electron chi connectivity index (χ2n) is 3.11. The molecular weight excluding hydrogens is 222 g/mol. The summed E-state index contributed by atoms with van der Waals surface area (Å²) >= 11 is 0. The summed E-state index contributed by atoms with van der Waals surface area (Å²) in [5.74, 6) is 0.114. The maximum atomic E-state index is 11.2. The first-order valence-corrected chi connectivity index (χ1v) is 5.42. The third-order valence-corrected chi connectivity index (χ3v) is 2.78. The molecule has 0 saturated heterocycles. The zero-order chi connectivity index (χ0) is 10.6. The lowest BCUT2D eigenvalue weighted by Crippen LogP contribution is -2.15. The summed E-state index contributed by atoms with van der Waals surface area (Å²) in [6, 6.07) is 3.20. The van der Waals surface area contributed by atoms with E-state index < -0.39 is 10.4 Å². The number of hydrogen-bond acceptors (Lipinski definition) is 6. The van der Waals surface area contributed by atoms with Crippen LogP contribution in [0, 0.1) is 6.92 Å². The molecule has 15 heavy (non-hydrogen) atoms. The number of aryl methyl sites for hydroxylation is 1. The molecule has 1 aliphatic heterocycles. The molecule has 7 heteroatoms. The van der Waals surface area contributed by atoms with Crippen molar-refractivity contribution in [2.75, 3.05) is 0 Å². The van der Waals surface area contributed by atoms with Gasteiger partial charge >= 0.3 is 16.5 Å². The molecule has 6 nitrogen and oxygen atoms in total. The van der Waals surface area contributed by atoms with Crippen LogP contribution in [0.3, 0.4) is 0 Å². The second kappa shape index (κ2) is 2.43. The highest BCUT2D eigenvalue weighted by Gasteiger charge is 2.27. The molecule has 0 saturated carbocycles. The fourth-order valence-electron chi connectivity index (χ4n) is 1.41. The van der Waals surface area contributed by atoms with Crippen LogP contribution in [0.25, 0.3) is 11.1 Å². The zero-order valence-electron chi connectivity index (χ0n) is 7.55. The third kappa shape index (κ3) is 1.16. The van der Waals surface area contributed by atoms with Gasteiger partial charge in [-0.05, 0) is 18.6 Å². The van der Waals surface area contributed by atoms with E-state index in [0.29, 0.717) is 11.1 Å². The molecule has 1 aromatic carbocycles. The fraction of sp³-hybridized carbons (Fsp3) is 0.125. The van der Waals surface area contributed by atoms with Crippen LogP contribution < -0.4 is 8.37 Å². The molecule has 0 amide bonds. The molecule has 2 bridgehead atoms. The standard InChI is InChI=1S/C8H5NO5S/c1-4-2-3-5-6-7(4)12-8(9-6)14-15(10,11)13-5/h2-3H,1H3. The number of hydrogen-bond donors (Lipinski definition) is 0. The van der Waals surface area contributed by atoms with Crippen molar-refractivity contribution in [3.8, 4) is 11.8 Å². The van der Waals surface area contributed by atoms with Gasteiger partial charge in [0.05, 0.1) is 0 Å². The van der Waals surface area contributed by atoms with Crippen LogP contribution in [-0.4, -0.2) is 13.4 Å². The van der Waals surface area contributed by atoms with E-state index in [4.69, 9.17) is 4.42 Å². The normalized spacial score (nSPS) is 17.1. The molecule has 1 aliphatic rings. The van der Waals surface area contributed by atoms with Crippen LogP contribution in [0.15, 0.2) is 16.5 Å². The van der Waals surface area contributed by atoms with Crippen molar-refractivity contribution in [3.05, 3.63) is 17.7 Å². The number of fused-ring (bicyclic) bond motifs is 1. The molecule has 0 radical (unpaired) electrons. The first kappa shape index (κ1) is 8.54. The Morgan fingerprint density at radius 3 is 2.87 bits per heavy atom. The molecule has 0 fully saturated rings. The van der Waals surface area contributed by atoms with Crippen LogP contribution in [0.5, 0.6) is 11.8 Å². The molecule has 0 aliphatic carbocycles. The van der Waals surface area contributed by atoms with Gasteiger partial charge in [0.25, 0.3) is 0 Å². The lowest BCUT2D eigenvalue weighted by atomic mass is 10.2. The smallest absolute Gasteiger partial charge is 0.408 e. The SMILES string of the molecule is Cc1ccc2c3nc(oc13)OS(=O)(=O)O2. The quantitative estimate of drug-likeness (QED) is 0.671. The van der Waals surface area contributed by atoms with E-state index >= 15 is 0 Å². The van der Waals surface area contributed by atoms with Crippen molar-refractivity contribution in [2.45, 2.75) is 6.92 Å². The molecule has 2 heterocycles. The van der Waals surface area contributed by atoms with Crippen LogP contribution in [-0.2, 0) is 10.4 Å². The largest absolute Gasteiger partial charge is 0.504 e. The molecule has 0 unspecified atom stereocenters. The van der Waals surface area contributed by atoms with Gasteiger partial charge in [0.1, 0.15) is 0 Å². The summed E-state index contributed by atoms with van der Waals surface area (Å²) in [5.41, 5.74) is 1.66. The summed E-state index contributed by atoms with van der Waals surface area (Å²) in [4.78, 5) is 3.86. The second-order valence-corrected chi connectivity index (χ2v) is 4.26. The van der Waals surface area contributed by atoms with Crippen LogP contribution in [0.1, 0.15) is 5.56 Å². The monoisotopic (exact) mass is 227 g/mol. The van der Waals surface area contributed by atoms with Crippen molar-refractivity contribution in [1.29, 1.82) is 0 Å². The lowest BCUT2D eigenvalue weighted by Gasteiger charge is -2.05. The number of nitrogens with zero attached hydrogens (tertiary/aromatic N) is 1. The Balaban J connectivity index is 2.44. The minimum atomic E-state index is -4.11. The van der Waals surface area contributed by atoms with Crippen molar-refractivity contribution < 1.29 is 21.2 Å². The molecule has 3 rings (SSSR count). The average Bonchev–Trinajstić information content (AvgIpc) is 2.47. The van der Waals surface area contributed by atoms with Gasteiger partial charge < -0.3 is 8.60 Å². The zero-order valence-corrected chi connectivity index (χ0v) is 8.37. The van der Waals surface area contributed by atoms with Gasteiger partial charge in [0.2, 0.25) is 0 Å². The van der Waals surface area contributed by atoms with E-state index in [1.165, 1.54) is 6.07 Å². The Hall–Kier alpha value is -1.76. The van der Waals surface area contributed by atoms with Gasteiger partial charge in [-0.15, -0.1) is 8.42 Å². The Morgan fingerprint density at radius 1 is 1.27 bits per heavy atom. The first-order chi connectivity index (χ1) is 7.05. The Bertz CT molecular complexity index is 653.